The molecule has 2 atom stereocenters. The van der Waals surface area contributed by atoms with E-state index in [4.69, 9.17) is 4.74 Å². The monoisotopic (exact) mass is 368 g/mol. The van der Waals surface area contributed by atoms with Crippen molar-refractivity contribution in [3.8, 4) is 0 Å². The molecule has 0 bridgehead atoms. The minimum absolute atomic E-state index is 0.0518. The van der Waals surface area contributed by atoms with Crippen LogP contribution in [0.5, 0.6) is 0 Å². The van der Waals surface area contributed by atoms with Crippen molar-refractivity contribution in [1.82, 2.24) is 9.80 Å². The molecule has 144 valence electrons. The summed E-state index contributed by atoms with van der Waals surface area (Å²) in [5, 5.41) is 0. The lowest BCUT2D eigenvalue weighted by Gasteiger charge is -2.42. The van der Waals surface area contributed by atoms with Crippen LogP contribution in [0.1, 0.15) is 39.2 Å². The van der Waals surface area contributed by atoms with Crippen LogP contribution in [0.3, 0.4) is 0 Å². The van der Waals surface area contributed by atoms with Gasteiger partial charge >= 0.3 is 6.09 Å². The van der Waals surface area contributed by atoms with Crippen LogP contribution in [0.4, 0.5) is 4.79 Å². The Bertz CT molecular complexity index is 751. The molecule has 3 rings (SSSR count). The van der Waals surface area contributed by atoms with Crippen LogP contribution in [0.15, 0.2) is 55.1 Å². The van der Waals surface area contributed by atoms with Gasteiger partial charge in [0.05, 0.1) is 6.04 Å². The van der Waals surface area contributed by atoms with Crippen molar-refractivity contribution in [2.45, 2.75) is 57.3 Å². The highest BCUT2D eigenvalue weighted by Crippen LogP contribution is 2.40. The van der Waals surface area contributed by atoms with Crippen LogP contribution in [-0.2, 0) is 16.1 Å². The highest BCUT2D eigenvalue weighted by molar-refractivity contribution is 5.94. The maximum absolute atomic E-state index is 13.5. The van der Waals surface area contributed by atoms with Gasteiger partial charge in [0.1, 0.15) is 11.1 Å². The number of hydrogen-bond acceptors (Lipinski definition) is 3. The summed E-state index contributed by atoms with van der Waals surface area (Å²) in [6.45, 7) is 10.4. The maximum atomic E-state index is 13.5. The lowest BCUT2D eigenvalue weighted by molar-refractivity contribution is -0.141. The van der Waals surface area contributed by atoms with Gasteiger partial charge in [-0.15, -0.1) is 6.58 Å². The Hall–Kier alpha value is -2.56. The molecule has 1 saturated heterocycles. The lowest BCUT2D eigenvalue weighted by Crippen LogP contribution is -2.61. The number of benzene rings is 1. The molecule has 1 aromatic rings. The zero-order chi connectivity index (χ0) is 19.7. The Kier molecular flexibility index (Phi) is 5.13. The van der Waals surface area contributed by atoms with Crippen molar-refractivity contribution in [3.05, 3.63) is 60.7 Å². The van der Waals surface area contributed by atoms with Gasteiger partial charge in [0.15, 0.2) is 0 Å². The molecule has 2 amide bonds. The zero-order valence-corrected chi connectivity index (χ0v) is 16.4. The van der Waals surface area contributed by atoms with Crippen LogP contribution in [0.2, 0.25) is 0 Å². The van der Waals surface area contributed by atoms with Crippen molar-refractivity contribution in [2.75, 3.05) is 6.54 Å². The second kappa shape index (κ2) is 7.22. The zero-order valence-electron chi connectivity index (χ0n) is 16.4. The molecule has 27 heavy (non-hydrogen) atoms. The Morgan fingerprint density at radius 1 is 1.33 bits per heavy atom. The van der Waals surface area contributed by atoms with Gasteiger partial charge in [0.25, 0.3) is 5.91 Å². The molecule has 0 aromatic heterocycles. The van der Waals surface area contributed by atoms with E-state index in [1.54, 1.807) is 15.9 Å². The Balaban J connectivity index is 1.90. The molecule has 0 radical (unpaired) electrons. The van der Waals surface area contributed by atoms with E-state index < -0.39 is 17.2 Å². The summed E-state index contributed by atoms with van der Waals surface area (Å²) in [6.07, 6.45) is 6.39. The average Bonchev–Trinajstić information content (AvgIpc) is 2.98. The molecule has 5 heteroatoms. The van der Waals surface area contributed by atoms with Gasteiger partial charge in [-0.3, -0.25) is 9.69 Å². The first-order valence-electron chi connectivity index (χ1n) is 9.43. The van der Waals surface area contributed by atoms with Gasteiger partial charge in [-0.2, -0.15) is 0 Å². The van der Waals surface area contributed by atoms with E-state index in [1.165, 1.54) is 0 Å². The fourth-order valence-corrected chi connectivity index (χ4v) is 3.86. The third-order valence-electron chi connectivity index (χ3n) is 5.04. The minimum Gasteiger partial charge on any atom is -0.444 e. The van der Waals surface area contributed by atoms with Crippen LogP contribution >= 0.6 is 0 Å². The quantitative estimate of drug-likeness (QED) is 0.760. The van der Waals surface area contributed by atoms with Crippen LogP contribution in [0.25, 0.3) is 0 Å². The fourth-order valence-electron chi connectivity index (χ4n) is 3.86. The van der Waals surface area contributed by atoms with Crippen molar-refractivity contribution < 1.29 is 14.3 Å². The van der Waals surface area contributed by atoms with E-state index in [1.807, 2.05) is 63.3 Å². The first-order valence-corrected chi connectivity index (χ1v) is 9.43. The van der Waals surface area contributed by atoms with Gasteiger partial charge in [-0.1, -0.05) is 48.6 Å². The van der Waals surface area contributed by atoms with E-state index in [-0.39, 0.29) is 11.9 Å². The smallest absolute Gasteiger partial charge is 0.411 e. The second-order valence-electron chi connectivity index (χ2n) is 8.19. The topological polar surface area (TPSA) is 49.9 Å². The molecule has 1 fully saturated rings. The number of likely N-dealkylation sites (tertiary alicyclic amines) is 1. The second-order valence-corrected chi connectivity index (χ2v) is 8.19. The van der Waals surface area contributed by atoms with Crippen LogP contribution in [0, 0.1) is 0 Å². The summed E-state index contributed by atoms with van der Waals surface area (Å²) in [6, 6.07) is 9.68. The van der Waals surface area contributed by atoms with Crippen LogP contribution in [-0.4, -0.2) is 45.5 Å². The molecule has 2 aliphatic heterocycles. The van der Waals surface area contributed by atoms with Gasteiger partial charge < -0.3 is 9.64 Å². The number of ether oxygens (including phenoxy) is 1. The van der Waals surface area contributed by atoms with E-state index in [0.717, 1.165) is 5.56 Å². The molecular weight excluding hydrogens is 340 g/mol. The summed E-state index contributed by atoms with van der Waals surface area (Å²) < 4.78 is 5.62. The average molecular weight is 368 g/mol. The van der Waals surface area contributed by atoms with E-state index in [9.17, 15) is 9.59 Å². The SMILES string of the molecule is C=C[C@H]1CC[C@@]2(C=CCN(Cc3ccccc3)C2=O)N1C(=O)OC(C)(C)C. The van der Waals surface area contributed by atoms with Crippen LogP contribution < -0.4 is 0 Å². The summed E-state index contributed by atoms with van der Waals surface area (Å²) >= 11 is 0. The normalized spacial score (nSPS) is 25.1. The number of carbonyl (C=O) groups excluding carboxylic acids is 2. The Labute approximate surface area is 161 Å². The van der Waals surface area contributed by atoms with Gasteiger partial charge in [-0.25, -0.2) is 4.79 Å². The van der Waals surface area contributed by atoms with Gasteiger partial charge in [0.2, 0.25) is 0 Å². The summed E-state index contributed by atoms with van der Waals surface area (Å²) in [5.41, 5.74) is -0.551. The Morgan fingerprint density at radius 2 is 2.04 bits per heavy atom. The highest BCUT2D eigenvalue weighted by atomic mass is 16.6. The van der Waals surface area contributed by atoms with E-state index in [0.29, 0.717) is 25.9 Å². The van der Waals surface area contributed by atoms with Crippen molar-refractivity contribution in [1.29, 1.82) is 0 Å². The highest BCUT2D eigenvalue weighted by Gasteiger charge is 2.55. The van der Waals surface area contributed by atoms with Gasteiger partial charge in [0, 0.05) is 13.1 Å². The summed E-state index contributed by atoms with van der Waals surface area (Å²) in [7, 11) is 0. The minimum atomic E-state index is -0.992. The number of amides is 2. The van der Waals surface area contributed by atoms with Crippen molar-refractivity contribution in [3.63, 3.8) is 0 Å². The largest absolute Gasteiger partial charge is 0.444 e. The first kappa shape index (κ1) is 19.2. The number of rotatable bonds is 3. The standard InChI is InChI=1S/C22H28N2O3/c1-5-18-12-14-22(24(18)20(26)27-21(2,3)4)13-9-15-23(19(22)25)16-17-10-7-6-8-11-17/h5-11,13,18H,1,12,14-16H2,2-4H3/t18-,22+/m0/s1. The van der Waals surface area contributed by atoms with Crippen molar-refractivity contribution >= 4 is 12.0 Å². The molecular formula is C22H28N2O3. The number of carbonyl (C=O) groups is 2. The molecule has 5 nitrogen and oxygen atoms in total. The molecule has 0 saturated carbocycles. The predicted molar refractivity (Wildman–Crippen MR) is 105 cm³/mol. The molecule has 1 aromatic carbocycles. The lowest BCUT2D eigenvalue weighted by atomic mass is 9.90. The number of hydrogen-bond donors (Lipinski definition) is 0. The number of nitrogens with zero attached hydrogens (tertiary/aromatic N) is 2. The molecule has 1 spiro atoms. The maximum Gasteiger partial charge on any atom is 0.411 e. The summed E-state index contributed by atoms with van der Waals surface area (Å²) in [4.78, 5) is 29.8. The third-order valence-corrected chi connectivity index (χ3v) is 5.04. The molecule has 0 unspecified atom stereocenters. The Morgan fingerprint density at radius 3 is 2.67 bits per heavy atom. The fraction of sp³-hybridized carbons (Fsp3) is 0.455. The molecule has 0 aliphatic carbocycles. The third kappa shape index (κ3) is 3.77. The molecule has 2 aliphatic rings. The van der Waals surface area contributed by atoms with Gasteiger partial charge in [-0.05, 0) is 39.2 Å². The molecule has 0 N–H and O–H groups in total. The predicted octanol–water partition coefficient (Wildman–Crippen LogP) is 3.91. The van der Waals surface area contributed by atoms with Crippen molar-refractivity contribution in [2.24, 2.45) is 0 Å². The van der Waals surface area contributed by atoms with E-state index >= 15 is 0 Å². The summed E-state index contributed by atoms with van der Waals surface area (Å²) in [5.74, 6) is -0.0518. The molecule has 2 heterocycles. The van der Waals surface area contributed by atoms with E-state index in [2.05, 4.69) is 6.58 Å². The first-order chi connectivity index (χ1) is 12.8.